The molecule has 1 heterocycles. The van der Waals surface area contributed by atoms with Crippen molar-refractivity contribution in [1.29, 1.82) is 0 Å². The van der Waals surface area contributed by atoms with E-state index in [-0.39, 0.29) is 6.04 Å². The van der Waals surface area contributed by atoms with Gasteiger partial charge in [-0.1, -0.05) is 40.0 Å². The molecule has 18 heavy (non-hydrogen) atoms. The van der Waals surface area contributed by atoms with Crippen molar-refractivity contribution in [3.8, 4) is 0 Å². The van der Waals surface area contributed by atoms with Crippen LogP contribution in [0.2, 0.25) is 0 Å². The molecule has 1 amide bonds. The fraction of sp³-hybridized carbons (Fsp3) is 0.933. The summed E-state index contributed by atoms with van der Waals surface area (Å²) >= 11 is 0. The topological polar surface area (TPSA) is 32.3 Å². The van der Waals surface area contributed by atoms with Gasteiger partial charge in [-0.3, -0.25) is 4.79 Å². The lowest BCUT2D eigenvalue weighted by atomic mass is 10.00. The zero-order valence-electron chi connectivity index (χ0n) is 12.5. The lowest BCUT2D eigenvalue weighted by Crippen LogP contribution is -2.54. The predicted octanol–water partition coefficient (Wildman–Crippen LogP) is 2.94. The van der Waals surface area contributed by atoms with Crippen LogP contribution in [0.25, 0.3) is 0 Å². The Kier molecular flexibility index (Phi) is 6.69. The number of likely N-dealkylation sites (tertiary alicyclic amines) is 1. The van der Waals surface area contributed by atoms with Crippen molar-refractivity contribution >= 4 is 5.91 Å². The largest absolute Gasteiger partial charge is 0.339 e. The Balaban J connectivity index is 2.46. The highest BCUT2D eigenvalue weighted by molar-refractivity contribution is 5.82. The molecule has 0 spiro atoms. The Morgan fingerprint density at radius 1 is 1.33 bits per heavy atom. The van der Waals surface area contributed by atoms with Crippen LogP contribution in [0, 0.1) is 0 Å². The number of hydrogen-bond donors (Lipinski definition) is 1. The zero-order valence-corrected chi connectivity index (χ0v) is 12.5. The molecule has 1 saturated heterocycles. The van der Waals surface area contributed by atoms with E-state index in [4.69, 9.17) is 0 Å². The predicted molar refractivity (Wildman–Crippen MR) is 76.6 cm³/mol. The van der Waals surface area contributed by atoms with Gasteiger partial charge in [-0.2, -0.15) is 0 Å². The molecule has 0 radical (unpaired) electrons. The third-order valence-electron chi connectivity index (χ3n) is 3.77. The first-order valence-corrected chi connectivity index (χ1v) is 7.62. The quantitative estimate of drug-likeness (QED) is 0.708. The van der Waals surface area contributed by atoms with Crippen LogP contribution in [-0.4, -0.2) is 35.5 Å². The summed E-state index contributed by atoms with van der Waals surface area (Å²) in [5.41, 5.74) is 0. The first-order valence-electron chi connectivity index (χ1n) is 7.62. The molecular formula is C15H30N2O. The number of amides is 1. The fourth-order valence-electron chi connectivity index (χ4n) is 2.74. The van der Waals surface area contributed by atoms with Gasteiger partial charge in [-0.15, -0.1) is 0 Å². The van der Waals surface area contributed by atoms with Crippen molar-refractivity contribution in [2.45, 2.75) is 84.3 Å². The number of hydrogen-bond acceptors (Lipinski definition) is 2. The lowest BCUT2D eigenvalue weighted by molar-refractivity contribution is -0.138. The smallest absolute Gasteiger partial charge is 0.239 e. The van der Waals surface area contributed by atoms with E-state index < -0.39 is 0 Å². The summed E-state index contributed by atoms with van der Waals surface area (Å²) in [6.45, 7) is 9.58. The Bertz CT molecular complexity index is 253. The summed E-state index contributed by atoms with van der Waals surface area (Å²) < 4.78 is 0. The molecule has 3 nitrogen and oxygen atoms in total. The second-order valence-corrected chi connectivity index (χ2v) is 5.89. The zero-order chi connectivity index (χ0) is 13.5. The minimum atomic E-state index is 0.0485. The average molecular weight is 254 g/mol. The van der Waals surface area contributed by atoms with Crippen LogP contribution in [0.1, 0.15) is 66.2 Å². The number of nitrogens with zero attached hydrogens (tertiary/aromatic N) is 1. The Morgan fingerprint density at radius 3 is 2.67 bits per heavy atom. The Labute approximate surface area is 112 Å². The third-order valence-corrected chi connectivity index (χ3v) is 3.77. The number of nitrogens with one attached hydrogen (secondary N) is 1. The summed E-state index contributed by atoms with van der Waals surface area (Å²) in [5, 5.41) is 3.39. The summed E-state index contributed by atoms with van der Waals surface area (Å²) in [7, 11) is 0. The van der Waals surface area contributed by atoms with Crippen molar-refractivity contribution < 1.29 is 4.79 Å². The molecular weight excluding hydrogens is 224 g/mol. The summed E-state index contributed by atoms with van der Waals surface area (Å²) in [5.74, 6) is 0.318. The summed E-state index contributed by atoms with van der Waals surface area (Å²) in [6.07, 6.45) is 7.04. The van der Waals surface area contributed by atoms with Crippen LogP contribution in [0.4, 0.5) is 0 Å². The molecule has 0 bridgehead atoms. The van der Waals surface area contributed by atoms with E-state index in [1.807, 2.05) is 0 Å². The van der Waals surface area contributed by atoms with Crippen LogP contribution in [-0.2, 0) is 4.79 Å². The third kappa shape index (κ3) is 4.60. The van der Waals surface area contributed by atoms with E-state index in [2.05, 4.69) is 37.9 Å². The number of piperidine rings is 1. The van der Waals surface area contributed by atoms with Crippen molar-refractivity contribution in [3.05, 3.63) is 0 Å². The molecule has 3 heteroatoms. The van der Waals surface area contributed by atoms with Gasteiger partial charge in [0.1, 0.15) is 0 Å². The summed E-state index contributed by atoms with van der Waals surface area (Å²) in [4.78, 5) is 14.5. The first kappa shape index (κ1) is 15.5. The molecule has 2 atom stereocenters. The van der Waals surface area contributed by atoms with Crippen molar-refractivity contribution in [3.63, 3.8) is 0 Å². The monoisotopic (exact) mass is 254 g/mol. The van der Waals surface area contributed by atoms with Gasteiger partial charge in [0.25, 0.3) is 0 Å². The second-order valence-electron chi connectivity index (χ2n) is 5.89. The molecule has 1 aliphatic rings. The van der Waals surface area contributed by atoms with E-state index in [1.54, 1.807) is 0 Å². The second kappa shape index (κ2) is 7.78. The molecule has 0 aromatic carbocycles. The van der Waals surface area contributed by atoms with E-state index in [0.717, 1.165) is 25.8 Å². The normalized spacial score (nSPS) is 22.6. The average Bonchev–Trinajstić information content (AvgIpc) is 2.31. The van der Waals surface area contributed by atoms with Crippen molar-refractivity contribution in [1.82, 2.24) is 10.2 Å². The van der Waals surface area contributed by atoms with E-state index in [1.165, 1.54) is 19.3 Å². The maximum absolute atomic E-state index is 12.4. The molecule has 0 aliphatic carbocycles. The Morgan fingerprint density at radius 2 is 2.06 bits per heavy atom. The maximum Gasteiger partial charge on any atom is 0.239 e. The van der Waals surface area contributed by atoms with Gasteiger partial charge >= 0.3 is 0 Å². The minimum absolute atomic E-state index is 0.0485. The lowest BCUT2D eigenvalue weighted by Gasteiger charge is -2.37. The molecule has 1 N–H and O–H groups in total. The molecule has 1 fully saturated rings. The number of rotatable bonds is 7. The molecule has 106 valence electrons. The van der Waals surface area contributed by atoms with Crippen LogP contribution >= 0.6 is 0 Å². The highest BCUT2D eigenvalue weighted by Gasteiger charge is 2.31. The van der Waals surface area contributed by atoms with Crippen LogP contribution in [0.3, 0.4) is 0 Å². The van der Waals surface area contributed by atoms with Crippen LogP contribution in [0.15, 0.2) is 0 Å². The van der Waals surface area contributed by atoms with Crippen LogP contribution in [0.5, 0.6) is 0 Å². The van der Waals surface area contributed by atoms with Gasteiger partial charge in [0.15, 0.2) is 0 Å². The van der Waals surface area contributed by atoms with Gasteiger partial charge < -0.3 is 10.2 Å². The van der Waals surface area contributed by atoms with E-state index in [0.29, 0.717) is 18.0 Å². The molecule has 0 aromatic rings. The molecule has 1 rings (SSSR count). The molecule has 2 unspecified atom stereocenters. The van der Waals surface area contributed by atoms with Gasteiger partial charge in [0.05, 0.1) is 6.04 Å². The number of carbonyl (C=O) groups excluding carboxylic acids is 1. The molecule has 0 saturated carbocycles. The highest BCUT2D eigenvalue weighted by atomic mass is 16.2. The van der Waals surface area contributed by atoms with Gasteiger partial charge in [0, 0.05) is 18.6 Å². The van der Waals surface area contributed by atoms with Gasteiger partial charge in [-0.05, 0) is 26.2 Å². The summed E-state index contributed by atoms with van der Waals surface area (Å²) in [6, 6.07) is 0.836. The number of unbranched alkanes of at least 4 members (excludes halogenated alkanes) is 2. The minimum Gasteiger partial charge on any atom is -0.339 e. The van der Waals surface area contributed by atoms with E-state index in [9.17, 15) is 4.79 Å². The van der Waals surface area contributed by atoms with E-state index >= 15 is 0 Å². The van der Waals surface area contributed by atoms with Gasteiger partial charge in [0.2, 0.25) is 5.91 Å². The molecule has 0 aromatic heterocycles. The number of carbonyl (C=O) groups is 1. The standard InChI is InChI=1S/C15H30N2O/c1-5-6-7-9-13(4)17-11-8-10-14(15(17)18)16-12(2)3/h12-14,16H,5-11H2,1-4H3. The maximum atomic E-state index is 12.4. The highest BCUT2D eigenvalue weighted by Crippen LogP contribution is 2.18. The Hall–Kier alpha value is -0.570. The fourth-order valence-corrected chi connectivity index (χ4v) is 2.74. The van der Waals surface area contributed by atoms with Gasteiger partial charge in [-0.25, -0.2) is 0 Å². The van der Waals surface area contributed by atoms with Crippen LogP contribution < -0.4 is 5.32 Å². The SMILES string of the molecule is CCCCCC(C)N1CCCC(NC(C)C)C1=O. The first-order chi connectivity index (χ1) is 8.56. The van der Waals surface area contributed by atoms with Crippen molar-refractivity contribution in [2.24, 2.45) is 0 Å². The van der Waals surface area contributed by atoms with Crippen molar-refractivity contribution in [2.75, 3.05) is 6.54 Å². The molecule has 1 aliphatic heterocycles.